The molecule has 1 saturated carbocycles. The van der Waals surface area contributed by atoms with Crippen LogP contribution in [0.1, 0.15) is 58.2 Å². The van der Waals surface area contributed by atoms with Gasteiger partial charge >= 0.3 is 0 Å². The van der Waals surface area contributed by atoms with Crippen molar-refractivity contribution in [1.29, 1.82) is 0 Å². The van der Waals surface area contributed by atoms with Crippen LogP contribution in [0.25, 0.3) is 0 Å². The number of aromatic nitrogens is 2. The van der Waals surface area contributed by atoms with E-state index in [1.807, 2.05) is 13.3 Å². The summed E-state index contributed by atoms with van der Waals surface area (Å²) < 4.78 is 8.30. The highest BCUT2D eigenvalue weighted by molar-refractivity contribution is 5.03. The molecule has 4 nitrogen and oxygen atoms in total. The van der Waals surface area contributed by atoms with E-state index in [2.05, 4.69) is 34.9 Å². The van der Waals surface area contributed by atoms with Crippen molar-refractivity contribution in [3.05, 3.63) is 18.2 Å². The van der Waals surface area contributed by atoms with Crippen LogP contribution in [0.3, 0.4) is 0 Å². The molecule has 0 radical (unpaired) electrons. The van der Waals surface area contributed by atoms with E-state index in [-0.39, 0.29) is 5.60 Å². The first-order valence-electron chi connectivity index (χ1n) is 8.54. The van der Waals surface area contributed by atoms with Crippen molar-refractivity contribution in [3.8, 4) is 0 Å². The van der Waals surface area contributed by atoms with Crippen LogP contribution in [-0.2, 0) is 17.7 Å². The summed E-state index contributed by atoms with van der Waals surface area (Å²) in [7, 11) is 1.89. The molecule has 1 heterocycles. The molecule has 1 atom stereocenters. The van der Waals surface area contributed by atoms with Gasteiger partial charge in [0.15, 0.2) is 0 Å². The SMILES string of the molecule is CCCNC(Cc1nccn1CC)C1(OC)CCCCC1. The van der Waals surface area contributed by atoms with Crippen molar-refractivity contribution < 1.29 is 4.74 Å². The van der Waals surface area contributed by atoms with Gasteiger partial charge in [-0.3, -0.25) is 0 Å². The summed E-state index contributed by atoms with van der Waals surface area (Å²) in [5.41, 5.74) is -0.0159. The van der Waals surface area contributed by atoms with E-state index >= 15 is 0 Å². The van der Waals surface area contributed by atoms with Crippen molar-refractivity contribution in [2.75, 3.05) is 13.7 Å². The maximum atomic E-state index is 6.06. The van der Waals surface area contributed by atoms with Crippen LogP contribution in [0.15, 0.2) is 12.4 Å². The number of hydrogen-bond donors (Lipinski definition) is 1. The number of hydrogen-bond acceptors (Lipinski definition) is 3. The molecule has 2 rings (SSSR count). The third-order valence-electron chi connectivity index (χ3n) is 4.91. The van der Waals surface area contributed by atoms with Gasteiger partial charge in [0.05, 0.1) is 5.60 Å². The fraction of sp³-hybridized carbons (Fsp3) is 0.824. The standard InChI is InChI=1S/C17H31N3O/c1-4-11-18-15(14-16-19-12-13-20(16)5-2)17(21-3)9-7-6-8-10-17/h12-13,15,18H,4-11,14H2,1-3H3. The van der Waals surface area contributed by atoms with Crippen LogP contribution in [0, 0.1) is 0 Å². The molecule has 1 aliphatic carbocycles. The summed E-state index contributed by atoms with van der Waals surface area (Å²) in [6.07, 6.45) is 12.3. The Bertz CT molecular complexity index is 410. The molecular formula is C17H31N3O. The van der Waals surface area contributed by atoms with E-state index in [1.54, 1.807) is 0 Å². The third kappa shape index (κ3) is 3.86. The predicted octanol–water partition coefficient (Wildman–Crippen LogP) is 3.16. The summed E-state index contributed by atoms with van der Waals surface area (Å²) >= 11 is 0. The molecule has 4 heteroatoms. The molecule has 1 fully saturated rings. The van der Waals surface area contributed by atoms with E-state index in [0.717, 1.165) is 38.8 Å². The molecule has 120 valence electrons. The summed E-state index contributed by atoms with van der Waals surface area (Å²) in [6, 6.07) is 0.357. The summed E-state index contributed by atoms with van der Waals surface area (Å²) in [4.78, 5) is 4.56. The van der Waals surface area contributed by atoms with E-state index < -0.39 is 0 Å². The molecule has 1 aliphatic rings. The molecule has 0 aliphatic heterocycles. The lowest BCUT2D eigenvalue weighted by atomic mass is 9.77. The first kappa shape index (κ1) is 16.5. The van der Waals surface area contributed by atoms with Crippen LogP contribution < -0.4 is 5.32 Å². The Hall–Kier alpha value is -0.870. The Morgan fingerprint density at radius 2 is 2.10 bits per heavy atom. The van der Waals surface area contributed by atoms with Gasteiger partial charge in [0.2, 0.25) is 0 Å². The van der Waals surface area contributed by atoms with E-state index in [0.29, 0.717) is 6.04 Å². The molecule has 21 heavy (non-hydrogen) atoms. The number of nitrogens with zero attached hydrogens (tertiary/aromatic N) is 2. The van der Waals surface area contributed by atoms with Crippen molar-refractivity contribution in [1.82, 2.24) is 14.9 Å². The van der Waals surface area contributed by atoms with Gasteiger partial charge in [0.25, 0.3) is 0 Å². The normalized spacial score (nSPS) is 19.6. The summed E-state index contributed by atoms with van der Waals surface area (Å²) in [5.74, 6) is 1.17. The van der Waals surface area contributed by atoms with Crippen molar-refractivity contribution in [2.45, 2.75) is 77.0 Å². The second kappa shape index (κ2) is 7.95. The van der Waals surface area contributed by atoms with Crippen LogP contribution in [0.2, 0.25) is 0 Å². The average Bonchev–Trinajstić information content (AvgIpc) is 2.99. The van der Waals surface area contributed by atoms with Crippen LogP contribution in [0.5, 0.6) is 0 Å². The Morgan fingerprint density at radius 1 is 1.33 bits per heavy atom. The summed E-state index contributed by atoms with van der Waals surface area (Å²) in [5, 5.41) is 3.74. The molecule has 0 bridgehead atoms. The zero-order valence-corrected chi connectivity index (χ0v) is 13.9. The minimum Gasteiger partial charge on any atom is -0.377 e. The average molecular weight is 293 g/mol. The lowest BCUT2D eigenvalue weighted by Crippen LogP contribution is -2.54. The Kier molecular flexibility index (Phi) is 6.24. The smallest absolute Gasteiger partial charge is 0.110 e. The maximum absolute atomic E-state index is 6.06. The molecular weight excluding hydrogens is 262 g/mol. The van der Waals surface area contributed by atoms with Crippen molar-refractivity contribution in [2.24, 2.45) is 0 Å². The summed E-state index contributed by atoms with van der Waals surface area (Å²) in [6.45, 7) is 6.42. The zero-order valence-electron chi connectivity index (χ0n) is 13.9. The van der Waals surface area contributed by atoms with E-state index in [4.69, 9.17) is 4.74 Å². The van der Waals surface area contributed by atoms with Crippen LogP contribution in [-0.4, -0.2) is 34.8 Å². The second-order valence-electron chi connectivity index (χ2n) is 6.17. The van der Waals surface area contributed by atoms with Gasteiger partial charge in [0.1, 0.15) is 5.82 Å². The van der Waals surface area contributed by atoms with Crippen LogP contribution in [0.4, 0.5) is 0 Å². The van der Waals surface area contributed by atoms with E-state index in [1.165, 1.54) is 25.1 Å². The number of imidazole rings is 1. The number of nitrogens with one attached hydrogen (secondary N) is 1. The van der Waals surface area contributed by atoms with Gasteiger partial charge in [-0.15, -0.1) is 0 Å². The monoisotopic (exact) mass is 293 g/mol. The lowest BCUT2D eigenvalue weighted by molar-refractivity contribution is -0.0677. The number of aryl methyl sites for hydroxylation is 1. The molecule has 1 aromatic heterocycles. The molecule has 0 amide bonds. The van der Waals surface area contributed by atoms with Gasteiger partial charge in [-0.25, -0.2) is 4.98 Å². The highest BCUT2D eigenvalue weighted by Gasteiger charge is 2.40. The van der Waals surface area contributed by atoms with Gasteiger partial charge in [-0.1, -0.05) is 26.2 Å². The number of methoxy groups -OCH3 is 1. The fourth-order valence-electron chi connectivity index (χ4n) is 3.61. The van der Waals surface area contributed by atoms with Gasteiger partial charge in [-0.05, 0) is 32.7 Å². The van der Waals surface area contributed by atoms with Gasteiger partial charge in [-0.2, -0.15) is 0 Å². The molecule has 0 aromatic carbocycles. The minimum absolute atomic E-state index is 0.0159. The Labute approximate surface area is 129 Å². The lowest BCUT2D eigenvalue weighted by Gasteiger charge is -2.43. The Balaban J connectivity index is 2.16. The molecule has 1 unspecified atom stereocenters. The fourth-order valence-corrected chi connectivity index (χ4v) is 3.61. The first-order valence-corrected chi connectivity index (χ1v) is 8.54. The predicted molar refractivity (Wildman–Crippen MR) is 86.5 cm³/mol. The number of ether oxygens (including phenoxy) is 1. The maximum Gasteiger partial charge on any atom is 0.110 e. The zero-order chi connectivity index (χ0) is 15.1. The largest absolute Gasteiger partial charge is 0.377 e. The third-order valence-corrected chi connectivity index (χ3v) is 4.91. The highest BCUT2D eigenvalue weighted by Crippen LogP contribution is 2.35. The molecule has 1 N–H and O–H groups in total. The molecule has 0 spiro atoms. The van der Waals surface area contributed by atoms with Crippen molar-refractivity contribution in [3.63, 3.8) is 0 Å². The number of rotatable bonds is 8. The quantitative estimate of drug-likeness (QED) is 0.800. The van der Waals surface area contributed by atoms with E-state index in [9.17, 15) is 0 Å². The molecule has 0 saturated heterocycles. The molecule has 1 aromatic rings. The second-order valence-corrected chi connectivity index (χ2v) is 6.17. The topological polar surface area (TPSA) is 39.1 Å². The van der Waals surface area contributed by atoms with Crippen molar-refractivity contribution >= 4 is 0 Å². The van der Waals surface area contributed by atoms with Gasteiger partial charge in [0, 0.05) is 38.5 Å². The minimum atomic E-state index is -0.0159. The van der Waals surface area contributed by atoms with Crippen LogP contribution >= 0.6 is 0 Å². The first-order chi connectivity index (χ1) is 10.3. The highest BCUT2D eigenvalue weighted by atomic mass is 16.5. The van der Waals surface area contributed by atoms with Gasteiger partial charge < -0.3 is 14.6 Å². The Morgan fingerprint density at radius 3 is 2.71 bits per heavy atom.